The van der Waals surface area contributed by atoms with Crippen molar-refractivity contribution in [3.05, 3.63) is 90.3 Å². The number of hydrazone groups is 1. The third-order valence-electron chi connectivity index (χ3n) is 3.87. The van der Waals surface area contributed by atoms with Crippen LogP contribution in [0.3, 0.4) is 0 Å². The van der Waals surface area contributed by atoms with Gasteiger partial charge in [0.25, 0.3) is 0 Å². The smallest absolute Gasteiger partial charge is 0.190 e. The molecule has 1 heterocycles. The molecule has 132 valence electrons. The molecule has 0 spiro atoms. The molecule has 6 heteroatoms. The monoisotopic (exact) mass is 355 g/mol. The Labute approximate surface area is 155 Å². The fraction of sp³-hybridized carbons (Fsp3) is 0. The first-order valence-electron chi connectivity index (χ1n) is 8.45. The number of hydrogen-bond donors (Lipinski definition) is 3. The first kappa shape index (κ1) is 16.5. The molecular formula is C21H17N5O. The molecule has 0 aliphatic heterocycles. The number of aromatic hydroxyl groups is 1. The number of rotatable bonds is 4. The Morgan fingerprint density at radius 3 is 2.59 bits per heavy atom. The number of phenols is 1. The van der Waals surface area contributed by atoms with Crippen molar-refractivity contribution < 1.29 is 5.11 Å². The lowest BCUT2D eigenvalue weighted by Crippen LogP contribution is -2.20. The molecule has 0 atom stereocenters. The summed E-state index contributed by atoms with van der Waals surface area (Å²) in [6, 6.07) is 24.2. The number of phenolic OH excluding ortho intramolecular Hbond substituents is 1. The van der Waals surface area contributed by atoms with E-state index in [0.717, 1.165) is 22.3 Å². The van der Waals surface area contributed by atoms with Gasteiger partial charge in [0.05, 0.1) is 22.9 Å². The predicted octanol–water partition coefficient (Wildman–Crippen LogP) is 3.97. The van der Waals surface area contributed by atoms with E-state index in [0.29, 0.717) is 11.7 Å². The van der Waals surface area contributed by atoms with Gasteiger partial charge in [-0.15, -0.1) is 0 Å². The maximum Gasteiger partial charge on any atom is 0.190 e. The second-order valence-corrected chi connectivity index (χ2v) is 5.86. The number of imidazole rings is 1. The summed E-state index contributed by atoms with van der Waals surface area (Å²) in [5.74, 6) is 1.27. The minimum Gasteiger partial charge on any atom is -0.508 e. The van der Waals surface area contributed by atoms with Crippen LogP contribution in [0.4, 0.5) is 5.69 Å². The topological polar surface area (TPSA) is 85.7 Å². The fourth-order valence-corrected chi connectivity index (χ4v) is 2.60. The van der Waals surface area contributed by atoms with E-state index in [1.54, 1.807) is 24.4 Å². The Kier molecular flexibility index (Phi) is 4.61. The minimum atomic E-state index is 0.189. The number of benzene rings is 3. The molecule has 3 aromatic carbocycles. The molecule has 1 aromatic heterocycles. The highest BCUT2D eigenvalue weighted by molar-refractivity contribution is 6.00. The molecule has 4 aromatic rings. The van der Waals surface area contributed by atoms with Crippen molar-refractivity contribution in [2.75, 3.05) is 0 Å². The zero-order valence-electron chi connectivity index (χ0n) is 14.4. The van der Waals surface area contributed by atoms with Crippen molar-refractivity contribution in [3.63, 3.8) is 0 Å². The zero-order chi connectivity index (χ0) is 18.5. The molecule has 0 aliphatic rings. The van der Waals surface area contributed by atoms with Crippen molar-refractivity contribution in [2.45, 2.75) is 0 Å². The van der Waals surface area contributed by atoms with Gasteiger partial charge in [-0.2, -0.15) is 5.10 Å². The summed E-state index contributed by atoms with van der Waals surface area (Å²) in [7, 11) is 0. The van der Waals surface area contributed by atoms with E-state index < -0.39 is 0 Å². The van der Waals surface area contributed by atoms with Crippen LogP contribution in [0.2, 0.25) is 0 Å². The highest BCUT2D eigenvalue weighted by Crippen LogP contribution is 2.15. The zero-order valence-corrected chi connectivity index (χ0v) is 14.4. The summed E-state index contributed by atoms with van der Waals surface area (Å²) < 4.78 is 0. The van der Waals surface area contributed by atoms with Crippen molar-refractivity contribution in [1.82, 2.24) is 15.4 Å². The number of fused-ring (bicyclic) bond motifs is 1. The molecule has 0 saturated carbocycles. The molecule has 0 radical (unpaired) electrons. The average Bonchev–Trinajstić information content (AvgIpc) is 3.12. The van der Waals surface area contributed by atoms with E-state index in [2.05, 4.69) is 25.5 Å². The summed E-state index contributed by atoms with van der Waals surface area (Å²) >= 11 is 0. The van der Waals surface area contributed by atoms with Crippen LogP contribution in [0, 0.1) is 0 Å². The number of amidine groups is 1. The SMILES string of the molecule is Oc1cccc(/C=N\NC(=Nc2ccccc2)c2nc3ccccc3[nH]2)c1. The molecule has 3 N–H and O–H groups in total. The highest BCUT2D eigenvalue weighted by atomic mass is 16.3. The normalized spacial score (nSPS) is 11.9. The van der Waals surface area contributed by atoms with Crippen LogP contribution in [-0.2, 0) is 0 Å². The van der Waals surface area contributed by atoms with Crippen molar-refractivity contribution in [3.8, 4) is 5.75 Å². The third kappa shape index (κ3) is 4.01. The first-order valence-corrected chi connectivity index (χ1v) is 8.45. The number of nitrogens with zero attached hydrogens (tertiary/aromatic N) is 3. The minimum absolute atomic E-state index is 0.189. The average molecular weight is 355 g/mol. The molecule has 0 bridgehead atoms. The van der Waals surface area contributed by atoms with Crippen LogP contribution < -0.4 is 5.43 Å². The standard InChI is InChI=1S/C21H17N5O/c27-17-10-6-7-15(13-17)14-22-26-21(23-16-8-2-1-3-9-16)20-24-18-11-4-5-12-19(18)25-20/h1-14,27H,(H,23,26)(H,24,25)/b22-14-. The molecule has 0 fully saturated rings. The molecule has 0 saturated heterocycles. The molecule has 0 unspecified atom stereocenters. The highest BCUT2D eigenvalue weighted by Gasteiger charge is 2.09. The van der Waals surface area contributed by atoms with Gasteiger partial charge in [0, 0.05) is 0 Å². The maximum atomic E-state index is 9.55. The maximum absolute atomic E-state index is 9.55. The predicted molar refractivity (Wildman–Crippen MR) is 108 cm³/mol. The second kappa shape index (κ2) is 7.53. The van der Waals surface area contributed by atoms with Crippen LogP contribution in [0.5, 0.6) is 5.75 Å². The van der Waals surface area contributed by atoms with Crippen LogP contribution >= 0.6 is 0 Å². The van der Waals surface area contributed by atoms with Gasteiger partial charge in [0.2, 0.25) is 0 Å². The molecule has 0 aliphatic carbocycles. The molecule has 6 nitrogen and oxygen atoms in total. The quantitative estimate of drug-likeness (QED) is 0.294. The lowest BCUT2D eigenvalue weighted by atomic mass is 10.2. The van der Waals surface area contributed by atoms with E-state index in [-0.39, 0.29) is 5.75 Å². The number of hydrogen-bond acceptors (Lipinski definition) is 4. The van der Waals surface area contributed by atoms with Crippen molar-refractivity contribution >= 4 is 28.8 Å². The van der Waals surface area contributed by atoms with Gasteiger partial charge in [-0.3, -0.25) is 5.43 Å². The van der Waals surface area contributed by atoms with Crippen LogP contribution in [0.15, 0.2) is 89.0 Å². The fourth-order valence-electron chi connectivity index (χ4n) is 2.60. The van der Waals surface area contributed by atoms with Gasteiger partial charge < -0.3 is 10.1 Å². The lowest BCUT2D eigenvalue weighted by molar-refractivity contribution is 0.475. The number of nitrogens with one attached hydrogen (secondary N) is 2. The largest absolute Gasteiger partial charge is 0.508 e. The number of aromatic nitrogens is 2. The molecular weight excluding hydrogens is 338 g/mol. The van der Waals surface area contributed by atoms with Gasteiger partial charge in [-0.25, -0.2) is 9.98 Å². The van der Waals surface area contributed by atoms with Crippen molar-refractivity contribution in [2.24, 2.45) is 10.1 Å². The number of aliphatic imine (C=N–C) groups is 1. The molecule has 0 amide bonds. The van der Waals surface area contributed by atoms with E-state index in [9.17, 15) is 5.11 Å². The second-order valence-electron chi connectivity index (χ2n) is 5.86. The third-order valence-corrected chi connectivity index (χ3v) is 3.87. The Hall–Kier alpha value is -3.93. The van der Waals surface area contributed by atoms with E-state index in [1.165, 1.54) is 0 Å². The Morgan fingerprint density at radius 2 is 1.78 bits per heavy atom. The van der Waals surface area contributed by atoms with Gasteiger partial charge in [-0.1, -0.05) is 42.5 Å². The summed E-state index contributed by atoms with van der Waals surface area (Å²) in [5, 5.41) is 13.8. The summed E-state index contributed by atoms with van der Waals surface area (Å²) in [5.41, 5.74) is 6.29. The summed E-state index contributed by atoms with van der Waals surface area (Å²) in [6.07, 6.45) is 1.61. The van der Waals surface area contributed by atoms with Gasteiger partial charge in [0.1, 0.15) is 5.75 Å². The van der Waals surface area contributed by atoms with E-state index >= 15 is 0 Å². The Morgan fingerprint density at radius 1 is 0.963 bits per heavy atom. The summed E-state index contributed by atoms with van der Waals surface area (Å²) in [4.78, 5) is 12.5. The lowest BCUT2D eigenvalue weighted by Gasteiger charge is -2.03. The number of H-pyrrole nitrogens is 1. The van der Waals surface area contributed by atoms with Gasteiger partial charge in [0.15, 0.2) is 11.7 Å². The van der Waals surface area contributed by atoms with E-state index in [1.807, 2.05) is 60.7 Å². The Balaban J connectivity index is 1.66. The summed E-state index contributed by atoms with van der Waals surface area (Å²) in [6.45, 7) is 0. The van der Waals surface area contributed by atoms with Crippen LogP contribution in [0.1, 0.15) is 11.4 Å². The number of para-hydroxylation sites is 3. The number of aromatic amines is 1. The molecule has 27 heavy (non-hydrogen) atoms. The molecule has 4 rings (SSSR count). The van der Waals surface area contributed by atoms with Crippen molar-refractivity contribution in [1.29, 1.82) is 0 Å². The van der Waals surface area contributed by atoms with Gasteiger partial charge >= 0.3 is 0 Å². The van der Waals surface area contributed by atoms with Gasteiger partial charge in [-0.05, 0) is 42.0 Å². The van der Waals surface area contributed by atoms with Crippen LogP contribution in [-0.4, -0.2) is 27.1 Å². The first-order chi connectivity index (χ1) is 13.3. The van der Waals surface area contributed by atoms with Crippen LogP contribution in [0.25, 0.3) is 11.0 Å². The Bertz CT molecular complexity index is 1080. The van der Waals surface area contributed by atoms with E-state index in [4.69, 9.17) is 0 Å².